The summed E-state index contributed by atoms with van der Waals surface area (Å²) in [6.07, 6.45) is 1.29. The molecule has 0 radical (unpaired) electrons. The molecule has 0 aromatic carbocycles. The van der Waals surface area contributed by atoms with E-state index in [9.17, 15) is 9.90 Å². The summed E-state index contributed by atoms with van der Waals surface area (Å²) in [5, 5.41) is 15.9. The molecule has 1 amide bonds. The normalized spacial score (nSPS) is 14.4. The minimum atomic E-state index is -0.605. The summed E-state index contributed by atoms with van der Waals surface area (Å²) in [5.41, 5.74) is 0.531. The molecule has 1 rings (SSSR count). The third-order valence-electron chi connectivity index (χ3n) is 3.04. The average molecular weight is 240 g/mol. The minimum Gasteiger partial charge on any atom is -0.394 e. The van der Waals surface area contributed by atoms with Crippen molar-refractivity contribution in [2.45, 2.75) is 46.1 Å². The van der Waals surface area contributed by atoms with Gasteiger partial charge in [0.2, 0.25) is 0 Å². The SMILES string of the molecule is CCc1noc(C)c1C(=O)NC(C)(CC)CO. The Bertz CT molecular complexity index is 394. The van der Waals surface area contributed by atoms with Crippen LogP contribution in [-0.2, 0) is 6.42 Å². The Morgan fingerprint density at radius 2 is 2.18 bits per heavy atom. The van der Waals surface area contributed by atoms with Gasteiger partial charge in [0.15, 0.2) is 0 Å². The van der Waals surface area contributed by atoms with E-state index in [1.165, 1.54) is 0 Å². The standard InChI is InChI=1S/C12H20N2O3/c1-5-9-10(8(3)17-14-9)11(16)13-12(4,6-2)7-15/h15H,5-7H2,1-4H3,(H,13,16). The van der Waals surface area contributed by atoms with Crippen LogP contribution in [0.2, 0.25) is 0 Å². The van der Waals surface area contributed by atoms with Crippen LogP contribution < -0.4 is 5.32 Å². The maximum Gasteiger partial charge on any atom is 0.257 e. The number of hydrogen-bond acceptors (Lipinski definition) is 4. The molecule has 1 aromatic heterocycles. The van der Waals surface area contributed by atoms with Gasteiger partial charge in [-0.3, -0.25) is 4.79 Å². The topological polar surface area (TPSA) is 75.4 Å². The molecule has 1 aromatic rings. The number of aryl methyl sites for hydroxylation is 2. The molecule has 2 N–H and O–H groups in total. The van der Waals surface area contributed by atoms with Gasteiger partial charge in [0.1, 0.15) is 11.3 Å². The Morgan fingerprint density at radius 3 is 2.65 bits per heavy atom. The molecule has 0 spiro atoms. The van der Waals surface area contributed by atoms with E-state index >= 15 is 0 Å². The Morgan fingerprint density at radius 1 is 1.53 bits per heavy atom. The number of nitrogens with one attached hydrogen (secondary N) is 1. The number of amides is 1. The first-order valence-corrected chi connectivity index (χ1v) is 5.86. The summed E-state index contributed by atoms with van der Waals surface area (Å²) in [4.78, 5) is 12.1. The van der Waals surface area contributed by atoms with E-state index in [2.05, 4.69) is 10.5 Å². The van der Waals surface area contributed by atoms with Gasteiger partial charge in [-0.05, 0) is 26.7 Å². The van der Waals surface area contributed by atoms with Gasteiger partial charge >= 0.3 is 0 Å². The Balaban J connectivity index is 2.93. The quantitative estimate of drug-likeness (QED) is 0.816. The lowest BCUT2D eigenvalue weighted by atomic mass is 9.99. The van der Waals surface area contributed by atoms with Gasteiger partial charge < -0.3 is 14.9 Å². The van der Waals surface area contributed by atoms with Crippen molar-refractivity contribution in [1.82, 2.24) is 10.5 Å². The molecular formula is C12H20N2O3. The molecule has 0 aliphatic heterocycles. The zero-order valence-corrected chi connectivity index (χ0v) is 10.8. The number of aliphatic hydroxyl groups is 1. The number of carbonyl (C=O) groups excluding carboxylic acids is 1. The fourth-order valence-corrected chi connectivity index (χ4v) is 1.53. The predicted molar refractivity (Wildman–Crippen MR) is 63.9 cm³/mol. The van der Waals surface area contributed by atoms with Crippen LogP contribution in [0.25, 0.3) is 0 Å². The molecule has 0 aliphatic rings. The number of aromatic nitrogens is 1. The first-order valence-electron chi connectivity index (χ1n) is 5.86. The van der Waals surface area contributed by atoms with Crippen molar-refractivity contribution in [2.24, 2.45) is 0 Å². The van der Waals surface area contributed by atoms with Gasteiger partial charge in [-0.15, -0.1) is 0 Å². The summed E-state index contributed by atoms with van der Waals surface area (Å²) >= 11 is 0. The smallest absolute Gasteiger partial charge is 0.257 e. The van der Waals surface area contributed by atoms with Crippen LogP contribution in [0.3, 0.4) is 0 Å². The monoisotopic (exact) mass is 240 g/mol. The van der Waals surface area contributed by atoms with Crippen molar-refractivity contribution in [3.63, 3.8) is 0 Å². The van der Waals surface area contributed by atoms with Crippen LogP contribution in [0.1, 0.15) is 49.0 Å². The molecule has 5 heteroatoms. The van der Waals surface area contributed by atoms with E-state index in [0.717, 1.165) is 0 Å². The van der Waals surface area contributed by atoms with Crippen molar-refractivity contribution in [3.05, 3.63) is 17.0 Å². The average Bonchev–Trinajstić information content (AvgIpc) is 2.70. The summed E-state index contributed by atoms with van der Waals surface area (Å²) < 4.78 is 5.02. The number of aliphatic hydroxyl groups excluding tert-OH is 1. The van der Waals surface area contributed by atoms with E-state index in [4.69, 9.17) is 4.52 Å². The van der Waals surface area contributed by atoms with Gasteiger partial charge in [0, 0.05) is 0 Å². The molecule has 0 fully saturated rings. The molecule has 0 saturated carbocycles. The maximum absolute atomic E-state index is 12.1. The highest BCUT2D eigenvalue weighted by atomic mass is 16.5. The summed E-state index contributed by atoms with van der Waals surface area (Å²) in [6, 6.07) is 0. The van der Waals surface area contributed by atoms with Crippen molar-refractivity contribution in [1.29, 1.82) is 0 Å². The van der Waals surface area contributed by atoms with Crippen LogP contribution in [0.5, 0.6) is 0 Å². The summed E-state index contributed by atoms with van der Waals surface area (Å²) in [7, 11) is 0. The Hall–Kier alpha value is -1.36. The zero-order valence-electron chi connectivity index (χ0n) is 10.8. The zero-order chi connectivity index (χ0) is 13.1. The molecule has 1 heterocycles. The van der Waals surface area contributed by atoms with E-state index in [-0.39, 0.29) is 12.5 Å². The Labute approximate surface area is 101 Å². The number of rotatable bonds is 5. The van der Waals surface area contributed by atoms with Crippen molar-refractivity contribution in [2.75, 3.05) is 6.61 Å². The van der Waals surface area contributed by atoms with Crippen LogP contribution in [0.4, 0.5) is 0 Å². The molecule has 0 aliphatic carbocycles. The van der Waals surface area contributed by atoms with Crippen molar-refractivity contribution in [3.8, 4) is 0 Å². The summed E-state index contributed by atoms with van der Waals surface area (Å²) in [6.45, 7) is 7.25. The van der Waals surface area contributed by atoms with Crippen LogP contribution >= 0.6 is 0 Å². The molecule has 17 heavy (non-hydrogen) atoms. The third-order valence-corrected chi connectivity index (χ3v) is 3.04. The van der Waals surface area contributed by atoms with E-state index in [1.54, 1.807) is 13.8 Å². The number of carbonyl (C=O) groups is 1. The lowest BCUT2D eigenvalue weighted by Crippen LogP contribution is -2.48. The van der Waals surface area contributed by atoms with Crippen LogP contribution in [-0.4, -0.2) is 28.3 Å². The van der Waals surface area contributed by atoms with E-state index < -0.39 is 5.54 Å². The lowest BCUT2D eigenvalue weighted by Gasteiger charge is -2.27. The van der Waals surface area contributed by atoms with Crippen LogP contribution in [0, 0.1) is 6.92 Å². The molecule has 1 atom stereocenters. The predicted octanol–water partition coefficient (Wildman–Crippen LogP) is 1.44. The molecule has 0 bridgehead atoms. The fourth-order valence-electron chi connectivity index (χ4n) is 1.53. The van der Waals surface area contributed by atoms with Gasteiger partial charge in [0.25, 0.3) is 5.91 Å². The lowest BCUT2D eigenvalue weighted by molar-refractivity contribution is 0.0845. The number of hydrogen-bond donors (Lipinski definition) is 2. The van der Waals surface area contributed by atoms with E-state index in [1.807, 2.05) is 13.8 Å². The van der Waals surface area contributed by atoms with E-state index in [0.29, 0.717) is 29.9 Å². The fraction of sp³-hybridized carbons (Fsp3) is 0.667. The number of nitrogens with zero attached hydrogens (tertiary/aromatic N) is 1. The van der Waals surface area contributed by atoms with Gasteiger partial charge in [-0.25, -0.2) is 0 Å². The molecular weight excluding hydrogens is 220 g/mol. The third kappa shape index (κ3) is 2.85. The van der Waals surface area contributed by atoms with Crippen LogP contribution in [0.15, 0.2) is 4.52 Å². The first-order chi connectivity index (χ1) is 7.97. The maximum atomic E-state index is 12.1. The molecule has 1 unspecified atom stereocenters. The minimum absolute atomic E-state index is 0.0962. The highest BCUT2D eigenvalue weighted by Gasteiger charge is 2.27. The van der Waals surface area contributed by atoms with Gasteiger partial charge in [-0.2, -0.15) is 0 Å². The largest absolute Gasteiger partial charge is 0.394 e. The molecule has 0 saturated heterocycles. The molecule has 5 nitrogen and oxygen atoms in total. The first kappa shape index (κ1) is 13.7. The Kier molecular flexibility index (Phi) is 4.28. The van der Waals surface area contributed by atoms with Crippen molar-refractivity contribution >= 4 is 5.91 Å². The highest BCUT2D eigenvalue weighted by molar-refractivity contribution is 5.96. The summed E-state index contributed by atoms with van der Waals surface area (Å²) in [5.74, 6) is 0.273. The second kappa shape index (κ2) is 5.31. The second-order valence-corrected chi connectivity index (χ2v) is 4.44. The van der Waals surface area contributed by atoms with Gasteiger partial charge in [0.05, 0.1) is 17.8 Å². The second-order valence-electron chi connectivity index (χ2n) is 4.44. The van der Waals surface area contributed by atoms with Crippen molar-refractivity contribution < 1.29 is 14.4 Å². The highest BCUT2D eigenvalue weighted by Crippen LogP contribution is 2.16. The molecule has 96 valence electrons. The van der Waals surface area contributed by atoms with Gasteiger partial charge in [-0.1, -0.05) is 19.0 Å².